The Bertz CT molecular complexity index is 2010. The number of unbranched alkanes of at least 4 members (excludes halogenated alkanes) is 61. The molecular weight excluding hydrogens is 1380 g/mol. The van der Waals surface area contributed by atoms with Gasteiger partial charge in [-0.1, -0.05) is 411 Å². The monoisotopic (exact) mass is 1560 g/mol. The summed E-state index contributed by atoms with van der Waals surface area (Å²) in [7, 11) is 0. The van der Waals surface area contributed by atoms with E-state index in [1.165, 1.54) is 353 Å². The molecule has 17 atom stereocenters. The summed E-state index contributed by atoms with van der Waals surface area (Å²) in [6.07, 6.45) is 61.0. The predicted octanol–water partition coefficient (Wildman–Crippen LogP) is 17.9. The van der Waals surface area contributed by atoms with E-state index in [0.29, 0.717) is 6.42 Å². The van der Waals surface area contributed by atoms with Crippen LogP contribution in [-0.4, -0.2) is 193 Å². The predicted molar refractivity (Wildman–Crippen MR) is 439 cm³/mol. The molecule has 0 saturated carbocycles. The van der Waals surface area contributed by atoms with Crippen molar-refractivity contribution in [2.45, 2.75) is 529 Å². The summed E-state index contributed by atoms with van der Waals surface area (Å²) in [6, 6.07) is -0.971. The van der Waals surface area contributed by atoms with E-state index in [9.17, 15) is 61.0 Å². The summed E-state index contributed by atoms with van der Waals surface area (Å²) in [6.45, 7) is 1.82. The van der Waals surface area contributed by atoms with Crippen molar-refractivity contribution in [1.29, 1.82) is 0 Å². The maximum absolute atomic E-state index is 13.5. The number of amides is 1. The number of ether oxygens (including phenoxy) is 6. The van der Waals surface area contributed by atoms with Crippen molar-refractivity contribution in [3.63, 3.8) is 0 Å². The molecule has 0 radical (unpaired) electrons. The average Bonchev–Trinajstić information content (AvgIpc) is 0.793. The van der Waals surface area contributed by atoms with Crippen molar-refractivity contribution in [1.82, 2.24) is 5.32 Å². The zero-order valence-electron chi connectivity index (χ0n) is 69.8. The lowest BCUT2D eigenvalue weighted by Crippen LogP contribution is -2.66. The average molecular weight is 1560 g/mol. The minimum absolute atomic E-state index is 0.251. The van der Waals surface area contributed by atoms with Gasteiger partial charge in [0.05, 0.1) is 38.6 Å². The van der Waals surface area contributed by atoms with Gasteiger partial charge in [0, 0.05) is 6.42 Å². The minimum Gasteiger partial charge on any atom is -0.394 e. The quantitative estimate of drug-likeness (QED) is 0.0199. The highest BCUT2D eigenvalue weighted by Crippen LogP contribution is 2.34. The van der Waals surface area contributed by atoms with Crippen molar-refractivity contribution >= 4 is 5.91 Å². The van der Waals surface area contributed by atoms with E-state index in [1.54, 1.807) is 6.08 Å². The number of carbonyl (C=O) groups is 1. The molecule has 0 bridgehead atoms. The van der Waals surface area contributed by atoms with Crippen LogP contribution in [0.1, 0.15) is 425 Å². The summed E-state index contributed by atoms with van der Waals surface area (Å²) in [5, 5.41) is 121. The molecule has 12 N–H and O–H groups in total. The van der Waals surface area contributed by atoms with Crippen LogP contribution in [0.15, 0.2) is 12.2 Å². The smallest absolute Gasteiger partial charge is 0.220 e. The van der Waals surface area contributed by atoms with Gasteiger partial charge in [-0.25, -0.2) is 0 Å². The van der Waals surface area contributed by atoms with Crippen molar-refractivity contribution in [2.24, 2.45) is 0 Å². The lowest BCUT2D eigenvalue weighted by molar-refractivity contribution is -0.379. The second-order valence-electron chi connectivity index (χ2n) is 33.5. The molecule has 0 aliphatic carbocycles. The molecule has 646 valence electrons. The molecule has 0 aromatic rings. The van der Waals surface area contributed by atoms with Crippen molar-refractivity contribution in [2.75, 3.05) is 26.4 Å². The van der Waals surface area contributed by atoms with E-state index in [-0.39, 0.29) is 18.9 Å². The molecule has 3 heterocycles. The van der Waals surface area contributed by atoms with Gasteiger partial charge in [0.25, 0.3) is 0 Å². The standard InChI is InChI=1S/C90H173NO18/c1-3-5-7-9-11-13-15-17-19-21-23-25-27-29-31-32-33-34-35-36-37-38-39-40-41-42-44-46-48-50-52-54-56-58-60-62-64-66-68-78(96)91-73(74(95)67-65-63-61-59-57-55-53-51-49-47-45-43-30-28-26-24-22-20-18-16-14-12-10-8-6-4-2)72-104-88-84(102)81(99)86(76(70-93)106-88)109-90-85(103)82(100)87(77(71-94)107-90)108-89-83(101)80(98)79(97)75(69-92)105-89/h65,67,73-77,79-90,92-95,97-103H,3-64,66,68-72H2,1-2H3,(H,91,96)/b67-65+. The van der Waals surface area contributed by atoms with E-state index in [1.807, 2.05) is 6.08 Å². The Morgan fingerprint density at radius 3 is 0.862 bits per heavy atom. The number of allylic oxidation sites excluding steroid dienone is 1. The fraction of sp³-hybridized carbons (Fsp3) is 0.967. The maximum Gasteiger partial charge on any atom is 0.220 e. The molecule has 0 aromatic carbocycles. The first kappa shape index (κ1) is 102. The third kappa shape index (κ3) is 49.4. The van der Waals surface area contributed by atoms with Crippen molar-refractivity contribution < 1.29 is 89.4 Å². The number of aliphatic hydroxyl groups excluding tert-OH is 11. The van der Waals surface area contributed by atoms with E-state index >= 15 is 0 Å². The molecule has 3 rings (SSSR count). The highest BCUT2D eigenvalue weighted by atomic mass is 16.8. The summed E-state index contributed by atoms with van der Waals surface area (Å²) in [5.74, 6) is -0.264. The van der Waals surface area contributed by atoms with Crippen LogP contribution in [-0.2, 0) is 33.2 Å². The van der Waals surface area contributed by atoms with Crippen LogP contribution in [0.3, 0.4) is 0 Å². The first-order valence-corrected chi connectivity index (χ1v) is 46.4. The Balaban J connectivity index is 1.30. The highest BCUT2D eigenvalue weighted by Gasteiger charge is 2.54. The van der Waals surface area contributed by atoms with E-state index in [2.05, 4.69) is 19.2 Å². The molecule has 1 amide bonds. The van der Waals surface area contributed by atoms with Gasteiger partial charge in [-0.2, -0.15) is 0 Å². The lowest BCUT2D eigenvalue weighted by Gasteiger charge is -2.48. The van der Waals surface area contributed by atoms with Gasteiger partial charge in [0.2, 0.25) is 5.91 Å². The first-order chi connectivity index (χ1) is 53.3. The second kappa shape index (κ2) is 70.7. The second-order valence-corrected chi connectivity index (χ2v) is 33.5. The van der Waals surface area contributed by atoms with Crippen LogP contribution in [0, 0.1) is 0 Å². The van der Waals surface area contributed by atoms with Crippen LogP contribution in [0.2, 0.25) is 0 Å². The third-order valence-corrected chi connectivity index (χ3v) is 23.6. The van der Waals surface area contributed by atoms with Gasteiger partial charge >= 0.3 is 0 Å². The topological polar surface area (TPSA) is 307 Å². The van der Waals surface area contributed by atoms with E-state index < -0.39 is 124 Å². The maximum atomic E-state index is 13.5. The fourth-order valence-electron chi connectivity index (χ4n) is 16.2. The number of rotatable bonds is 77. The van der Waals surface area contributed by atoms with E-state index in [4.69, 9.17) is 28.4 Å². The highest BCUT2D eigenvalue weighted by molar-refractivity contribution is 5.76. The van der Waals surface area contributed by atoms with Gasteiger partial charge in [-0.05, 0) is 19.3 Å². The zero-order chi connectivity index (χ0) is 78.8. The summed E-state index contributed by atoms with van der Waals surface area (Å²) in [4.78, 5) is 13.5. The molecule has 19 nitrogen and oxygen atoms in total. The van der Waals surface area contributed by atoms with Gasteiger partial charge in [0.1, 0.15) is 73.2 Å². The Hall–Kier alpha value is -1.47. The van der Waals surface area contributed by atoms with Crippen molar-refractivity contribution in [3.05, 3.63) is 12.2 Å². The van der Waals surface area contributed by atoms with Crippen LogP contribution in [0.4, 0.5) is 0 Å². The molecule has 19 heteroatoms. The lowest BCUT2D eigenvalue weighted by atomic mass is 9.96. The Morgan fingerprint density at radius 2 is 0.569 bits per heavy atom. The zero-order valence-corrected chi connectivity index (χ0v) is 69.8. The number of carbonyl (C=O) groups excluding carboxylic acids is 1. The van der Waals surface area contributed by atoms with Gasteiger partial charge in [-0.15, -0.1) is 0 Å². The van der Waals surface area contributed by atoms with E-state index in [0.717, 1.165) is 44.9 Å². The van der Waals surface area contributed by atoms with Gasteiger partial charge in [0.15, 0.2) is 18.9 Å². The first-order valence-electron chi connectivity index (χ1n) is 46.4. The largest absolute Gasteiger partial charge is 0.394 e. The molecule has 3 fully saturated rings. The van der Waals surface area contributed by atoms with Crippen LogP contribution < -0.4 is 5.32 Å². The Kier molecular flexibility index (Phi) is 66.0. The number of nitrogens with one attached hydrogen (secondary N) is 1. The molecule has 3 aliphatic heterocycles. The van der Waals surface area contributed by atoms with Crippen molar-refractivity contribution in [3.8, 4) is 0 Å². The Labute approximate surface area is 665 Å². The Morgan fingerprint density at radius 1 is 0.321 bits per heavy atom. The number of hydrogen-bond donors (Lipinski definition) is 12. The fourth-order valence-corrected chi connectivity index (χ4v) is 16.2. The van der Waals surface area contributed by atoms with Gasteiger partial charge in [-0.3, -0.25) is 4.79 Å². The molecule has 0 spiro atoms. The SMILES string of the molecule is CCCCCCCCCCCCCCCCCCCCCCCCCC/C=C/C(O)C(COC1OC(CO)C(OC2OC(CO)C(OC3OC(CO)C(O)C(O)C3O)C(O)C2O)C(O)C1O)NC(=O)CCCCCCCCCCCCCCCCCCCCCCCCCCCCCCCCCCCCCCCC. The van der Waals surface area contributed by atoms with Crippen LogP contribution >= 0.6 is 0 Å². The minimum atomic E-state index is -1.98. The molecule has 17 unspecified atom stereocenters. The molecule has 3 aliphatic rings. The molecular formula is C90H173NO18. The summed E-state index contributed by atoms with van der Waals surface area (Å²) < 4.78 is 34.5. The number of aliphatic hydroxyl groups is 11. The van der Waals surface area contributed by atoms with Crippen LogP contribution in [0.5, 0.6) is 0 Å². The normalized spacial score (nSPS) is 25.2. The summed E-state index contributed by atoms with van der Waals surface area (Å²) >= 11 is 0. The van der Waals surface area contributed by atoms with Crippen LogP contribution in [0.25, 0.3) is 0 Å². The molecule has 109 heavy (non-hydrogen) atoms. The molecule has 0 aromatic heterocycles. The summed E-state index contributed by atoms with van der Waals surface area (Å²) in [5.41, 5.74) is 0. The molecule has 3 saturated heterocycles. The van der Waals surface area contributed by atoms with Gasteiger partial charge < -0.3 is 89.9 Å². The third-order valence-electron chi connectivity index (χ3n) is 23.6. The number of hydrogen-bond acceptors (Lipinski definition) is 18.